The van der Waals surface area contributed by atoms with Crippen LogP contribution in [-0.2, 0) is 10.9 Å². The molecular weight excluding hydrogens is 547 g/mol. The second-order valence-corrected chi connectivity index (χ2v) is 9.76. The molecular formula is C30H30F3N7O2. The molecule has 4 aromatic rings. The van der Waals surface area contributed by atoms with Gasteiger partial charge in [-0.3, -0.25) is 9.69 Å². The molecule has 0 unspecified atom stereocenters. The molecule has 1 aliphatic rings. The van der Waals surface area contributed by atoms with Crippen LogP contribution in [0.2, 0.25) is 0 Å². The van der Waals surface area contributed by atoms with E-state index in [0.29, 0.717) is 23.0 Å². The van der Waals surface area contributed by atoms with E-state index in [4.69, 9.17) is 4.74 Å². The van der Waals surface area contributed by atoms with Crippen LogP contribution >= 0.6 is 0 Å². The lowest BCUT2D eigenvalue weighted by Crippen LogP contribution is -2.39. The third-order valence-electron chi connectivity index (χ3n) is 6.79. The van der Waals surface area contributed by atoms with Gasteiger partial charge in [-0.1, -0.05) is 12.1 Å². The Kier molecular flexibility index (Phi) is 8.94. The van der Waals surface area contributed by atoms with Crippen LogP contribution in [-0.4, -0.2) is 65.2 Å². The number of carbonyl (C=O) groups excluding carboxylic acids is 1. The van der Waals surface area contributed by atoms with Gasteiger partial charge >= 0.3 is 6.18 Å². The molecule has 5 rings (SSSR count). The van der Waals surface area contributed by atoms with Gasteiger partial charge in [0.2, 0.25) is 0 Å². The largest absolute Gasteiger partial charge is 0.416 e. The number of alkyl halides is 3. The molecule has 3 N–H and O–H groups in total. The van der Waals surface area contributed by atoms with Crippen molar-refractivity contribution in [2.75, 3.05) is 55.3 Å². The summed E-state index contributed by atoms with van der Waals surface area (Å²) < 4.78 is 44.7. The molecule has 3 heterocycles. The van der Waals surface area contributed by atoms with Gasteiger partial charge in [-0.15, -0.1) is 0 Å². The van der Waals surface area contributed by atoms with E-state index in [2.05, 4.69) is 35.8 Å². The van der Waals surface area contributed by atoms with Crippen molar-refractivity contribution in [1.29, 1.82) is 0 Å². The number of halogens is 3. The molecule has 1 aliphatic heterocycles. The summed E-state index contributed by atoms with van der Waals surface area (Å²) in [6.45, 7) is 6.79. The molecule has 0 spiro atoms. The average Bonchev–Trinajstić information content (AvgIpc) is 2.99. The zero-order valence-corrected chi connectivity index (χ0v) is 22.9. The first-order chi connectivity index (χ1) is 20.3. The van der Waals surface area contributed by atoms with Gasteiger partial charge in [0, 0.05) is 60.9 Å². The fourth-order valence-electron chi connectivity index (χ4n) is 4.48. The van der Waals surface area contributed by atoms with Crippen molar-refractivity contribution in [1.82, 2.24) is 19.9 Å². The zero-order valence-electron chi connectivity index (χ0n) is 22.9. The molecule has 1 saturated heterocycles. The van der Waals surface area contributed by atoms with E-state index in [1.807, 2.05) is 19.1 Å². The van der Waals surface area contributed by atoms with Crippen LogP contribution in [0.25, 0.3) is 11.3 Å². The van der Waals surface area contributed by atoms with Crippen LogP contribution in [0.5, 0.6) is 0 Å². The number of nitrogens with zero attached hydrogens (tertiary/aromatic N) is 4. The first-order valence-electron chi connectivity index (χ1n) is 13.4. The molecule has 0 aliphatic carbocycles. The molecule has 9 nitrogen and oxygen atoms in total. The summed E-state index contributed by atoms with van der Waals surface area (Å²) in [5, 5.41) is 9.19. The number of ether oxygens (including phenoxy) is 1. The molecule has 218 valence electrons. The Morgan fingerprint density at radius 3 is 2.64 bits per heavy atom. The Bertz CT molecular complexity index is 1540. The zero-order chi connectivity index (χ0) is 29.5. The van der Waals surface area contributed by atoms with Crippen LogP contribution < -0.4 is 16.0 Å². The lowest BCUT2D eigenvalue weighted by molar-refractivity contribution is -0.137. The fraction of sp³-hybridized carbons (Fsp3) is 0.267. The summed E-state index contributed by atoms with van der Waals surface area (Å²) in [7, 11) is 0. The van der Waals surface area contributed by atoms with Crippen molar-refractivity contribution in [3.63, 3.8) is 0 Å². The Hall–Kier alpha value is -4.55. The second-order valence-electron chi connectivity index (χ2n) is 9.76. The monoisotopic (exact) mass is 577 g/mol. The van der Waals surface area contributed by atoms with Gasteiger partial charge in [-0.25, -0.2) is 15.0 Å². The van der Waals surface area contributed by atoms with Crippen molar-refractivity contribution in [2.24, 2.45) is 0 Å². The van der Waals surface area contributed by atoms with Crippen LogP contribution in [0.15, 0.2) is 73.2 Å². The van der Waals surface area contributed by atoms with E-state index in [0.717, 1.165) is 62.7 Å². The van der Waals surface area contributed by atoms with Gasteiger partial charge in [0.1, 0.15) is 18.0 Å². The number of nitrogens with one attached hydrogen (secondary N) is 3. The SMILES string of the molecule is Cc1ccc(C(=O)Nc2cccc(C(F)(F)F)c2)cc1Nc1ncccc1-c1cc(NCCN2CCOCC2)ncn1. The van der Waals surface area contributed by atoms with E-state index >= 15 is 0 Å². The van der Waals surface area contributed by atoms with E-state index in [1.54, 1.807) is 30.5 Å². The smallest absolute Gasteiger partial charge is 0.379 e. The fourth-order valence-corrected chi connectivity index (χ4v) is 4.48. The summed E-state index contributed by atoms with van der Waals surface area (Å²) >= 11 is 0. The van der Waals surface area contributed by atoms with Crippen LogP contribution in [0.1, 0.15) is 21.5 Å². The van der Waals surface area contributed by atoms with Crippen LogP contribution in [0, 0.1) is 6.92 Å². The highest BCUT2D eigenvalue weighted by atomic mass is 19.4. The highest BCUT2D eigenvalue weighted by Crippen LogP contribution is 2.32. The topological polar surface area (TPSA) is 104 Å². The van der Waals surface area contributed by atoms with Crippen molar-refractivity contribution >= 4 is 28.9 Å². The number of aryl methyl sites for hydroxylation is 1. The van der Waals surface area contributed by atoms with Crippen molar-refractivity contribution in [3.8, 4) is 11.3 Å². The molecule has 0 saturated carbocycles. The van der Waals surface area contributed by atoms with Crippen molar-refractivity contribution in [3.05, 3.63) is 89.9 Å². The molecule has 0 bridgehead atoms. The lowest BCUT2D eigenvalue weighted by Gasteiger charge is -2.26. The van der Waals surface area contributed by atoms with Crippen LogP contribution in [0.3, 0.4) is 0 Å². The van der Waals surface area contributed by atoms with Crippen molar-refractivity contribution < 1.29 is 22.7 Å². The minimum atomic E-state index is -4.51. The van der Waals surface area contributed by atoms with Gasteiger partial charge in [0.15, 0.2) is 0 Å². The summed E-state index contributed by atoms with van der Waals surface area (Å²) in [6, 6.07) is 15.1. The average molecular weight is 578 g/mol. The highest BCUT2D eigenvalue weighted by molar-refractivity contribution is 6.05. The van der Waals surface area contributed by atoms with E-state index in [-0.39, 0.29) is 11.3 Å². The Morgan fingerprint density at radius 1 is 1.00 bits per heavy atom. The number of anilines is 4. The van der Waals surface area contributed by atoms with Gasteiger partial charge in [0.25, 0.3) is 5.91 Å². The molecule has 1 fully saturated rings. The minimum absolute atomic E-state index is 0.0510. The summed E-state index contributed by atoms with van der Waals surface area (Å²) in [4.78, 5) is 28.6. The number of carbonyl (C=O) groups is 1. The van der Waals surface area contributed by atoms with Crippen molar-refractivity contribution in [2.45, 2.75) is 13.1 Å². The third kappa shape index (κ3) is 7.39. The number of morpholine rings is 1. The predicted molar refractivity (Wildman–Crippen MR) is 155 cm³/mol. The Morgan fingerprint density at radius 2 is 1.83 bits per heavy atom. The summed E-state index contributed by atoms with van der Waals surface area (Å²) in [5.41, 5.74) is 2.33. The maximum Gasteiger partial charge on any atom is 0.416 e. The number of hydrogen-bond acceptors (Lipinski definition) is 8. The maximum absolute atomic E-state index is 13.1. The van der Waals surface area contributed by atoms with Gasteiger partial charge in [-0.2, -0.15) is 13.2 Å². The number of amides is 1. The quantitative estimate of drug-likeness (QED) is 0.236. The maximum atomic E-state index is 13.1. The molecule has 42 heavy (non-hydrogen) atoms. The van der Waals surface area contributed by atoms with Gasteiger partial charge in [0.05, 0.1) is 24.5 Å². The predicted octanol–water partition coefficient (Wildman–Crippen LogP) is 5.61. The third-order valence-corrected chi connectivity index (χ3v) is 6.79. The molecule has 2 aromatic carbocycles. The molecule has 0 atom stereocenters. The van der Waals surface area contributed by atoms with E-state index in [9.17, 15) is 18.0 Å². The number of rotatable bonds is 9. The second kappa shape index (κ2) is 13.0. The molecule has 12 heteroatoms. The first kappa shape index (κ1) is 29.0. The van der Waals surface area contributed by atoms with Gasteiger partial charge in [-0.05, 0) is 55.0 Å². The molecule has 2 aromatic heterocycles. The Balaban J connectivity index is 1.30. The number of hydrogen-bond donors (Lipinski definition) is 3. The first-order valence-corrected chi connectivity index (χ1v) is 13.4. The lowest BCUT2D eigenvalue weighted by atomic mass is 10.1. The Labute approximate surface area is 241 Å². The summed E-state index contributed by atoms with van der Waals surface area (Å²) in [5.74, 6) is 0.670. The number of pyridine rings is 1. The molecule has 0 radical (unpaired) electrons. The standard InChI is InChI=1S/C30H30F3N7O2/c1-20-7-8-21(29(41)38-23-5-2-4-22(17-23)30(31,32)33)16-25(20)39-28-24(6-3-9-35-28)26-18-27(37-19-36-26)34-10-11-40-12-14-42-15-13-40/h2-9,16-19H,10-15H2,1H3,(H,35,39)(H,38,41)(H,34,36,37). The highest BCUT2D eigenvalue weighted by Gasteiger charge is 2.30. The van der Waals surface area contributed by atoms with Gasteiger partial charge < -0.3 is 20.7 Å². The molecule has 1 amide bonds. The van der Waals surface area contributed by atoms with E-state index in [1.165, 1.54) is 18.5 Å². The minimum Gasteiger partial charge on any atom is -0.379 e. The number of benzene rings is 2. The number of aromatic nitrogens is 3. The normalized spacial score (nSPS) is 13.9. The summed E-state index contributed by atoms with van der Waals surface area (Å²) in [6.07, 6.45) is -1.37. The van der Waals surface area contributed by atoms with Crippen LogP contribution in [0.4, 0.5) is 36.2 Å². The van der Waals surface area contributed by atoms with E-state index < -0.39 is 17.6 Å².